The molecular weight excluding hydrogens is 232 g/mol. The summed E-state index contributed by atoms with van der Waals surface area (Å²) in [6.07, 6.45) is 0.444. The standard InChI is InChI=1S/C13H18N2O3/c1-3-14(4-2)10-9-13(16)11-5-7-12(8-6-11)15(17)18/h5-8H,3-4,9-10H2,1-2H3. The second-order valence-electron chi connectivity index (χ2n) is 4.00. The fourth-order valence-corrected chi connectivity index (χ4v) is 1.71. The molecule has 0 atom stereocenters. The van der Waals surface area contributed by atoms with E-state index in [1.165, 1.54) is 24.3 Å². The fourth-order valence-electron chi connectivity index (χ4n) is 1.71. The molecule has 0 radical (unpaired) electrons. The van der Waals surface area contributed by atoms with Gasteiger partial charge in [0.25, 0.3) is 5.69 Å². The number of carbonyl (C=O) groups is 1. The van der Waals surface area contributed by atoms with Crippen molar-refractivity contribution in [2.24, 2.45) is 0 Å². The largest absolute Gasteiger partial charge is 0.303 e. The Balaban J connectivity index is 2.59. The molecule has 0 bridgehead atoms. The minimum absolute atomic E-state index is 0.00953. The lowest BCUT2D eigenvalue weighted by Gasteiger charge is -2.16. The molecule has 1 aromatic rings. The molecule has 0 aromatic heterocycles. The highest BCUT2D eigenvalue weighted by molar-refractivity contribution is 5.96. The Kier molecular flexibility index (Phi) is 5.45. The maximum absolute atomic E-state index is 11.9. The second kappa shape index (κ2) is 6.86. The van der Waals surface area contributed by atoms with Crippen molar-refractivity contribution < 1.29 is 9.72 Å². The first-order valence-electron chi connectivity index (χ1n) is 6.08. The smallest absolute Gasteiger partial charge is 0.269 e. The molecule has 0 fully saturated rings. The van der Waals surface area contributed by atoms with Crippen LogP contribution in [0.25, 0.3) is 0 Å². The average molecular weight is 250 g/mol. The number of nitro groups is 1. The maximum Gasteiger partial charge on any atom is 0.269 e. The van der Waals surface area contributed by atoms with Crippen LogP contribution in [-0.2, 0) is 0 Å². The Morgan fingerprint density at radius 1 is 1.22 bits per heavy atom. The van der Waals surface area contributed by atoms with Gasteiger partial charge in [-0.2, -0.15) is 0 Å². The molecule has 0 aliphatic rings. The lowest BCUT2D eigenvalue weighted by molar-refractivity contribution is -0.384. The van der Waals surface area contributed by atoms with Gasteiger partial charge in [-0.1, -0.05) is 13.8 Å². The number of rotatable bonds is 7. The predicted molar refractivity (Wildman–Crippen MR) is 69.8 cm³/mol. The lowest BCUT2D eigenvalue weighted by Crippen LogP contribution is -2.25. The molecule has 1 rings (SSSR count). The second-order valence-corrected chi connectivity index (χ2v) is 4.00. The SMILES string of the molecule is CCN(CC)CCC(=O)c1ccc([N+](=O)[O-])cc1. The van der Waals surface area contributed by atoms with Gasteiger partial charge in [-0.3, -0.25) is 14.9 Å². The molecule has 0 heterocycles. The topological polar surface area (TPSA) is 63.5 Å². The Hall–Kier alpha value is -1.75. The number of benzene rings is 1. The van der Waals surface area contributed by atoms with Crippen LogP contribution in [0.3, 0.4) is 0 Å². The molecule has 5 heteroatoms. The Morgan fingerprint density at radius 2 is 1.78 bits per heavy atom. The highest BCUT2D eigenvalue weighted by Gasteiger charge is 2.10. The number of hydrogen-bond acceptors (Lipinski definition) is 4. The summed E-state index contributed by atoms with van der Waals surface area (Å²) in [6, 6.07) is 5.76. The molecule has 0 spiro atoms. The molecule has 0 saturated heterocycles. The summed E-state index contributed by atoms with van der Waals surface area (Å²) < 4.78 is 0. The molecule has 0 unspecified atom stereocenters. The minimum atomic E-state index is -0.468. The fraction of sp³-hybridized carbons (Fsp3) is 0.462. The zero-order valence-corrected chi connectivity index (χ0v) is 10.8. The number of nitrogens with zero attached hydrogens (tertiary/aromatic N) is 2. The van der Waals surface area contributed by atoms with Crippen LogP contribution in [0, 0.1) is 10.1 Å². The summed E-state index contributed by atoms with van der Waals surface area (Å²) in [7, 11) is 0. The summed E-state index contributed by atoms with van der Waals surface area (Å²) in [5.41, 5.74) is 0.544. The van der Waals surface area contributed by atoms with Crippen molar-refractivity contribution in [1.82, 2.24) is 4.90 Å². The third-order valence-electron chi connectivity index (χ3n) is 2.95. The van der Waals surface area contributed by atoms with Crippen LogP contribution >= 0.6 is 0 Å². The average Bonchev–Trinajstić information content (AvgIpc) is 2.39. The monoisotopic (exact) mass is 250 g/mol. The molecule has 0 saturated carbocycles. The van der Waals surface area contributed by atoms with E-state index >= 15 is 0 Å². The van der Waals surface area contributed by atoms with Gasteiger partial charge in [0.15, 0.2) is 5.78 Å². The summed E-state index contributed by atoms with van der Waals surface area (Å²) in [4.78, 5) is 24.1. The van der Waals surface area contributed by atoms with Crippen LogP contribution < -0.4 is 0 Å². The van der Waals surface area contributed by atoms with E-state index in [0.717, 1.165) is 19.6 Å². The zero-order valence-electron chi connectivity index (χ0n) is 10.8. The van der Waals surface area contributed by atoms with Crippen molar-refractivity contribution >= 4 is 11.5 Å². The van der Waals surface area contributed by atoms with Gasteiger partial charge >= 0.3 is 0 Å². The molecule has 18 heavy (non-hydrogen) atoms. The quantitative estimate of drug-likeness (QED) is 0.424. The van der Waals surface area contributed by atoms with E-state index < -0.39 is 4.92 Å². The van der Waals surface area contributed by atoms with Gasteiger partial charge in [0.2, 0.25) is 0 Å². The van der Waals surface area contributed by atoms with Gasteiger partial charge in [0.05, 0.1) is 4.92 Å². The Bertz CT molecular complexity index is 411. The molecular formula is C13H18N2O3. The van der Waals surface area contributed by atoms with Crippen molar-refractivity contribution in [3.05, 3.63) is 39.9 Å². The van der Waals surface area contributed by atoms with E-state index in [1.54, 1.807) is 0 Å². The first kappa shape index (κ1) is 14.3. The van der Waals surface area contributed by atoms with Gasteiger partial charge < -0.3 is 4.90 Å². The Labute approximate surface area is 107 Å². The molecule has 0 aliphatic carbocycles. The molecule has 0 aliphatic heterocycles. The van der Waals surface area contributed by atoms with Gasteiger partial charge in [0.1, 0.15) is 0 Å². The number of non-ortho nitro benzene ring substituents is 1. The van der Waals surface area contributed by atoms with Crippen LogP contribution in [0.5, 0.6) is 0 Å². The zero-order chi connectivity index (χ0) is 13.5. The number of ketones is 1. The first-order valence-corrected chi connectivity index (χ1v) is 6.08. The van der Waals surface area contributed by atoms with E-state index in [9.17, 15) is 14.9 Å². The third-order valence-corrected chi connectivity index (χ3v) is 2.95. The normalized spacial score (nSPS) is 10.6. The minimum Gasteiger partial charge on any atom is -0.303 e. The van der Waals surface area contributed by atoms with Crippen molar-refractivity contribution in [3.63, 3.8) is 0 Å². The van der Waals surface area contributed by atoms with E-state index in [0.29, 0.717) is 12.0 Å². The third kappa shape index (κ3) is 3.92. The maximum atomic E-state index is 11.9. The van der Waals surface area contributed by atoms with Crippen LogP contribution in [0.2, 0.25) is 0 Å². The van der Waals surface area contributed by atoms with Crippen LogP contribution in [0.4, 0.5) is 5.69 Å². The van der Waals surface area contributed by atoms with Crippen molar-refractivity contribution in [1.29, 1.82) is 0 Å². The molecule has 1 aromatic carbocycles. The predicted octanol–water partition coefficient (Wildman–Crippen LogP) is 2.51. The highest BCUT2D eigenvalue weighted by Crippen LogP contribution is 2.13. The van der Waals surface area contributed by atoms with Crippen LogP contribution in [0.1, 0.15) is 30.6 Å². The highest BCUT2D eigenvalue weighted by atomic mass is 16.6. The van der Waals surface area contributed by atoms with Crippen LogP contribution in [-0.4, -0.2) is 35.2 Å². The van der Waals surface area contributed by atoms with Crippen molar-refractivity contribution in [2.45, 2.75) is 20.3 Å². The molecule has 98 valence electrons. The van der Waals surface area contributed by atoms with E-state index in [2.05, 4.69) is 18.7 Å². The molecule has 5 nitrogen and oxygen atoms in total. The lowest BCUT2D eigenvalue weighted by atomic mass is 10.1. The van der Waals surface area contributed by atoms with E-state index in [4.69, 9.17) is 0 Å². The van der Waals surface area contributed by atoms with E-state index in [-0.39, 0.29) is 11.5 Å². The molecule has 0 N–H and O–H groups in total. The first-order chi connectivity index (χ1) is 8.58. The Morgan fingerprint density at radius 3 is 2.22 bits per heavy atom. The summed E-state index contributed by atoms with van der Waals surface area (Å²) in [5.74, 6) is 0.0248. The van der Waals surface area contributed by atoms with Gasteiger partial charge in [-0.15, -0.1) is 0 Å². The van der Waals surface area contributed by atoms with Gasteiger partial charge in [0, 0.05) is 30.7 Å². The van der Waals surface area contributed by atoms with Gasteiger partial charge in [-0.05, 0) is 25.2 Å². The molecule has 0 amide bonds. The number of Topliss-reactive ketones (excluding diaryl/α,β-unsaturated/α-hetero) is 1. The van der Waals surface area contributed by atoms with Crippen molar-refractivity contribution in [2.75, 3.05) is 19.6 Å². The summed E-state index contributed by atoms with van der Waals surface area (Å²) in [5, 5.41) is 10.5. The van der Waals surface area contributed by atoms with Gasteiger partial charge in [-0.25, -0.2) is 0 Å². The number of nitro benzene ring substituents is 1. The summed E-state index contributed by atoms with van der Waals surface area (Å²) >= 11 is 0. The van der Waals surface area contributed by atoms with E-state index in [1.807, 2.05) is 0 Å². The van der Waals surface area contributed by atoms with Crippen LogP contribution in [0.15, 0.2) is 24.3 Å². The number of hydrogen-bond donors (Lipinski definition) is 0. The van der Waals surface area contributed by atoms with Crippen molar-refractivity contribution in [3.8, 4) is 0 Å². The number of carbonyl (C=O) groups excluding carboxylic acids is 1. The summed E-state index contributed by atoms with van der Waals surface area (Å²) in [6.45, 7) is 6.68.